The van der Waals surface area contributed by atoms with E-state index < -0.39 is 0 Å². The number of amides is 2. The van der Waals surface area contributed by atoms with Gasteiger partial charge in [0.25, 0.3) is 0 Å². The van der Waals surface area contributed by atoms with Gasteiger partial charge < -0.3 is 9.80 Å². The first kappa shape index (κ1) is 20.8. The van der Waals surface area contributed by atoms with Crippen molar-refractivity contribution in [1.29, 1.82) is 0 Å². The molecule has 5 rings (SSSR count). The lowest BCUT2D eigenvalue weighted by Gasteiger charge is -2.39. The third kappa shape index (κ3) is 3.72. The molecule has 4 heterocycles. The summed E-state index contributed by atoms with van der Waals surface area (Å²) in [4.78, 5) is 23.7. The van der Waals surface area contributed by atoms with E-state index in [0.29, 0.717) is 23.1 Å². The van der Waals surface area contributed by atoms with Crippen molar-refractivity contribution < 1.29 is 4.79 Å². The van der Waals surface area contributed by atoms with Gasteiger partial charge in [0.2, 0.25) is 0 Å². The minimum Gasteiger partial charge on any atom is -0.353 e. The lowest BCUT2D eigenvalue weighted by atomic mass is 10.0. The van der Waals surface area contributed by atoms with Crippen molar-refractivity contribution in [1.82, 2.24) is 19.7 Å². The highest BCUT2D eigenvalue weighted by Crippen LogP contribution is 2.36. The summed E-state index contributed by atoms with van der Waals surface area (Å²) < 4.78 is 1.84. The van der Waals surface area contributed by atoms with Gasteiger partial charge >= 0.3 is 6.03 Å². The zero-order chi connectivity index (χ0) is 22.2. The number of piperazine rings is 1. The molecule has 7 nitrogen and oxygen atoms in total. The van der Waals surface area contributed by atoms with Crippen molar-refractivity contribution in [2.45, 2.75) is 13.0 Å². The summed E-state index contributed by atoms with van der Waals surface area (Å²) >= 11 is 12.3. The molecule has 9 heteroatoms. The average molecular weight is 469 g/mol. The van der Waals surface area contributed by atoms with Crippen molar-refractivity contribution in [3.63, 3.8) is 0 Å². The first-order valence-corrected chi connectivity index (χ1v) is 11.2. The first-order chi connectivity index (χ1) is 15.5. The van der Waals surface area contributed by atoms with Crippen LogP contribution >= 0.6 is 23.2 Å². The summed E-state index contributed by atoms with van der Waals surface area (Å²) in [6, 6.07) is 13.1. The molecule has 1 unspecified atom stereocenters. The van der Waals surface area contributed by atoms with Gasteiger partial charge in [-0.3, -0.25) is 4.90 Å². The molecule has 0 saturated carbocycles. The van der Waals surface area contributed by atoms with Crippen LogP contribution in [0.3, 0.4) is 0 Å². The van der Waals surface area contributed by atoms with Crippen LogP contribution < -0.4 is 9.80 Å². The van der Waals surface area contributed by atoms with E-state index in [-0.39, 0.29) is 12.1 Å². The van der Waals surface area contributed by atoms with Crippen molar-refractivity contribution in [2.75, 3.05) is 36.0 Å². The number of urea groups is 1. The van der Waals surface area contributed by atoms with Crippen LogP contribution in [0.2, 0.25) is 10.0 Å². The number of carbonyl (C=O) groups is 1. The number of rotatable bonds is 2. The minimum absolute atomic E-state index is 0.0474. The summed E-state index contributed by atoms with van der Waals surface area (Å²) in [6.45, 7) is 4.69. The van der Waals surface area contributed by atoms with E-state index in [1.165, 1.54) is 0 Å². The number of halogens is 2. The lowest BCUT2D eigenvalue weighted by molar-refractivity contribution is 0.202. The van der Waals surface area contributed by atoms with Crippen LogP contribution in [0.25, 0.3) is 0 Å². The number of allylic oxidation sites excluding steroid dienone is 2. The average Bonchev–Trinajstić information content (AvgIpc) is 3.30. The molecule has 0 radical (unpaired) electrons. The summed E-state index contributed by atoms with van der Waals surface area (Å²) in [5.41, 5.74) is 1.81. The second kappa shape index (κ2) is 8.48. The van der Waals surface area contributed by atoms with Gasteiger partial charge in [0, 0.05) is 44.1 Å². The number of benzene rings is 1. The lowest BCUT2D eigenvalue weighted by Crippen LogP contribution is -2.53. The van der Waals surface area contributed by atoms with Gasteiger partial charge in [0.1, 0.15) is 11.6 Å². The van der Waals surface area contributed by atoms with Gasteiger partial charge in [-0.25, -0.2) is 14.5 Å². The van der Waals surface area contributed by atoms with E-state index in [4.69, 9.17) is 23.2 Å². The Labute approximate surface area is 196 Å². The van der Waals surface area contributed by atoms with Crippen molar-refractivity contribution in [3.8, 4) is 0 Å². The maximum atomic E-state index is 13.5. The van der Waals surface area contributed by atoms with Crippen molar-refractivity contribution >= 4 is 40.9 Å². The Balaban J connectivity index is 1.37. The Morgan fingerprint density at radius 3 is 2.53 bits per heavy atom. The Bertz CT molecular complexity index is 1170. The molecule has 1 fully saturated rings. The van der Waals surface area contributed by atoms with Crippen molar-refractivity contribution in [2.24, 2.45) is 0 Å². The van der Waals surface area contributed by atoms with Crippen LogP contribution in [0.4, 0.5) is 16.4 Å². The molecular weight excluding hydrogens is 447 g/mol. The Morgan fingerprint density at radius 1 is 1.00 bits per heavy atom. The van der Waals surface area contributed by atoms with E-state index in [1.54, 1.807) is 23.4 Å². The van der Waals surface area contributed by atoms with Crippen molar-refractivity contribution in [3.05, 3.63) is 82.2 Å². The van der Waals surface area contributed by atoms with E-state index in [2.05, 4.69) is 15.0 Å². The second-order valence-electron chi connectivity index (χ2n) is 7.84. The number of aromatic nitrogens is 3. The summed E-state index contributed by atoms with van der Waals surface area (Å²) in [6.07, 6.45) is 5.54. The first-order valence-electron chi connectivity index (χ1n) is 10.4. The fourth-order valence-corrected chi connectivity index (χ4v) is 4.55. The molecule has 0 bridgehead atoms. The normalized spacial score (nSPS) is 18.4. The highest BCUT2D eigenvalue weighted by atomic mass is 35.5. The Kier molecular flexibility index (Phi) is 5.53. The van der Waals surface area contributed by atoms with Gasteiger partial charge in [0.15, 0.2) is 0 Å². The van der Waals surface area contributed by atoms with E-state index in [1.807, 2.05) is 59.0 Å². The molecule has 2 amide bonds. The third-order valence-electron chi connectivity index (χ3n) is 5.89. The maximum Gasteiger partial charge on any atom is 0.330 e. The van der Waals surface area contributed by atoms with Gasteiger partial charge in [0.05, 0.1) is 22.3 Å². The third-order valence-corrected chi connectivity index (χ3v) is 6.63. The van der Waals surface area contributed by atoms with Gasteiger partial charge in [-0.05, 0) is 42.8 Å². The molecule has 1 aromatic carbocycles. The maximum absolute atomic E-state index is 13.5. The van der Waals surface area contributed by atoms with Crippen LogP contribution in [0.5, 0.6) is 0 Å². The summed E-state index contributed by atoms with van der Waals surface area (Å²) in [5.74, 6) is 1.68. The van der Waals surface area contributed by atoms with Crippen LogP contribution in [0.1, 0.15) is 18.5 Å². The number of fused-ring (bicyclic) bond motifs is 1. The molecule has 2 aliphatic rings. The molecule has 1 saturated heterocycles. The highest BCUT2D eigenvalue weighted by Gasteiger charge is 2.33. The van der Waals surface area contributed by atoms with Gasteiger partial charge in [-0.2, -0.15) is 5.10 Å². The zero-order valence-corrected chi connectivity index (χ0v) is 19.0. The molecule has 164 valence electrons. The molecule has 2 aliphatic heterocycles. The number of pyridine rings is 1. The zero-order valence-electron chi connectivity index (χ0n) is 17.5. The largest absolute Gasteiger partial charge is 0.353 e. The fraction of sp³-hybridized carbons (Fsp3) is 0.261. The number of anilines is 2. The Morgan fingerprint density at radius 2 is 1.81 bits per heavy atom. The molecule has 32 heavy (non-hydrogen) atoms. The van der Waals surface area contributed by atoms with Crippen LogP contribution in [-0.2, 0) is 0 Å². The number of hydrogen-bond donors (Lipinski definition) is 0. The number of nitrogens with zero attached hydrogens (tertiary/aromatic N) is 6. The molecule has 0 N–H and O–H groups in total. The summed E-state index contributed by atoms with van der Waals surface area (Å²) in [7, 11) is 0. The molecule has 1 atom stereocenters. The van der Waals surface area contributed by atoms with Crippen LogP contribution in [0.15, 0.2) is 66.6 Å². The second-order valence-corrected chi connectivity index (χ2v) is 8.65. The van der Waals surface area contributed by atoms with E-state index >= 15 is 0 Å². The SMILES string of the molecule is CC1=CC(c2ccc(Cl)c(Cl)c2)n2nccc2N1C(=O)N1CCN(c2ccccn2)CC1. The molecule has 3 aromatic rings. The molecular formula is C23H22Cl2N6O. The molecule has 0 aliphatic carbocycles. The van der Waals surface area contributed by atoms with Crippen LogP contribution in [0, 0.1) is 0 Å². The summed E-state index contributed by atoms with van der Waals surface area (Å²) in [5, 5.41) is 5.50. The van der Waals surface area contributed by atoms with E-state index in [0.717, 1.165) is 36.0 Å². The highest BCUT2D eigenvalue weighted by molar-refractivity contribution is 6.42. The number of carbonyl (C=O) groups excluding carboxylic acids is 1. The Hall–Kier alpha value is -3.03. The topological polar surface area (TPSA) is 57.5 Å². The fourth-order valence-electron chi connectivity index (χ4n) is 4.24. The standard InChI is InChI=1S/C23H22Cl2N6O/c1-16-14-20(17-5-6-18(24)19(25)15-17)31-22(7-9-27-31)30(16)23(32)29-12-10-28(11-13-29)21-4-2-3-8-26-21/h2-9,14-15,20H,10-13H2,1H3. The van der Waals surface area contributed by atoms with Gasteiger partial charge in [-0.15, -0.1) is 0 Å². The molecule has 2 aromatic heterocycles. The smallest absolute Gasteiger partial charge is 0.330 e. The van der Waals surface area contributed by atoms with E-state index in [9.17, 15) is 4.79 Å². The molecule has 0 spiro atoms. The van der Waals surface area contributed by atoms with Crippen LogP contribution in [-0.4, -0.2) is 51.9 Å². The predicted octanol–water partition coefficient (Wildman–Crippen LogP) is 4.84. The monoisotopic (exact) mass is 468 g/mol. The number of hydrogen-bond acceptors (Lipinski definition) is 4. The quantitative estimate of drug-likeness (QED) is 0.539. The predicted molar refractivity (Wildman–Crippen MR) is 126 cm³/mol. The van der Waals surface area contributed by atoms with Gasteiger partial charge in [-0.1, -0.05) is 35.3 Å². The minimum atomic E-state index is -0.167.